The van der Waals surface area contributed by atoms with Gasteiger partial charge in [-0.05, 0) is 31.4 Å². The second-order valence-corrected chi connectivity index (χ2v) is 5.26. The minimum atomic E-state index is 0.450. The Kier molecular flexibility index (Phi) is 4.94. The predicted molar refractivity (Wildman–Crippen MR) is 79.6 cm³/mol. The maximum Gasteiger partial charge on any atom is 0.106 e. The molecule has 1 aromatic carbocycles. The van der Waals surface area contributed by atoms with Crippen LogP contribution in [0.1, 0.15) is 38.3 Å². The van der Waals surface area contributed by atoms with E-state index in [0.717, 1.165) is 17.7 Å². The Morgan fingerprint density at radius 1 is 1.41 bits per heavy atom. The van der Waals surface area contributed by atoms with Crippen molar-refractivity contribution in [3.63, 3.8) is 0 Å². The number of benzene rings is 1. The fraction of sp³-hybridized carbons (Fsp3) is 0.500. The summed E-state index contributed by atoms with van der Waals surface area (Å²) in [4.78, 5) is 0.454. The molecule has 0 spiro atoms. The molecule has 3 N–H and O–H groups in total. The third-order valence-electron chi connectivity index (χ3n) is 3.03. The highest BCUT2D eigenvalue weighted by Gasteiger charge is 2.13. The van der Waals surface area contributed by atoms with Crippen LogP contribution in [-0.2, 0) is 0 Å². The van der Waals surface area contributed by atoms with Crippen LogP contribution in [-0.4, -0.2) is 11.0 Å². The normalized spacial score (nSPS) is 12.5. The van der Waals surface area contributed by atoms with Crippen LogP contribution >= 0.6 is 12.2 Å². The number of rotatable bonds is 5. The van der Waals surface area contributed by atoms with Crippen LogP contribution in [0.2, 0.25) is 0 Å². The summed E-state index contributed by atoms with van der Waals surface area (Å²) in [5.74, 6) is 0.584. The fourth-order valence-corrected chi connectivity index (χ4v) is 2.10. The van der Waals surface area contributed by atoms with Crippen molar-refractivity contribution in [3.05, 3.63) is 29.3 Å². The average molecular weight is 250 g/mol. The topological polar surface area (TPSA) is 38.0 Å². The molecule has 2 nitrogen and oxygen atoms in total. The summed E-state index contributed by atoms with van der Waals surface area (Å²) >= 11 is 5.10. The third-order valence-corrected chi connectivity index (χ3v) is 3.25. The van der Waals surface area contributed by atoms with Crippen molar-refractivity contribution in [1.82, 2.24) is 0 Å². The monoisotopic (exact) mass is 250 g/mol. The molecule has 1 unspecified atom stereocenters. The van der Waals surface area contributed by atoms with Crippen LogP contribution in [0, 0.1) is 12.8 Å². The van der Waals surface area contributed by atoms with E-state index in [1.807, 2.05) is 13.0 Å². The molecule has 3 heteroatoms. The van der Waals surface area contributed by atoms with Crippen LogP contribution in [0.3, 0.4) is 0 Å². The van der Waals surface area contributed by atoms with Crippen molar-refractivity contribution in [2.24, 2.45) is 11.7 Å². The highest BCUT2D eigenvalue weighted by atomic mass is 32.1. The van der Waals surface area contributed by atoms with Crippen LogP contribution in [0.5, 0.6) is 0 Å². The summed E-state index contributed by atoms with van der Waals surface area (Å²) in [6, 6.07) is 6.63. The molecular formula is C14H22N2S. The molecule has 94 valence electrons. The highest BCUT2D eigenvalue weighted by Crippen LogP contribution is 2.21. The molecule has 0 radical (unpaired) electrons. The Morgan fingerprint density at radius 2 is 2.06 bits per heavy atom. The van der Waals surface area contributed by atoms with Crippen LogP contribution in [0.25, 0.3) is 0 Å². The van der Waals surface area contributed by atoms with E-state index in [1.54, 1.807) is 0 Å². The van der Waals surface area contributed by atoms with Gasteiger partial charge < -0.3 is 11.1 Å². The summed E-state index contributed by atoms with van der Waals surface area (Å²) in [6.07, 6.45) is 1.09. The standard InChI is InChI=1S/C14H22N2S/c1-5-12(9(2)3)16-13-7-6-10(4)8-11(13)14(15)17/h6-9,12,16H,5H2,1-4H3,(H2,15,17). The first-order valence-electron chi connectivity index (χ1n) is 6.12. The second-order valence-electron chi connectivity index (χ2n) is 4.82. The van der Waals surface area contributed by atoms with Crippen molar-refractivity contribution < 1.29 is 0 Å². The van der Waals surface area contributed by atoms with Crippen molar-refractivity contribution in [2.45, 2.75) is 40.2 Å². The van der Waals surface area contributed by atoms with Gasteiger partial charge in [0.05, 0.1) is 0 Å². The van der Waals surface area contributed by atoms with E-state index >= 15 is 0 Å². The molecule has 0 saturated carbocycles. The molecule has 0 amide bonds. The van der Waals surface area contributed by atoms with Gasteiger partial charge in [0.1, 0.15) is 4.99 Å². The van der Waals surface area contributed by atoms with Crippen molar-refractivity contribution >= 4 is 22.9 Å². The summed E-state index contributed by atoms with van der Waals surface area (Å²) in [5, 5.41) is 3.54. The van der Waals surface area contributed by atoms with E-state index in [-0.39, 0.29) is 0 Å². The van der Waals surface area contributed by atoms with E-state index in [0.29, 0.717) is 16.9 Å². The van der Waals surface area contributed by atoms with Gasteiger partial charge in [0.2, 0.25) is 0 Å². The molecule has 1 aromatic rings. The molecular weight excluding hydrogens is 228 g/mol. The molecule has 0 aromatic heterocycles. The Morgan fingerprint density at radius 3 is 2.53 bits per heavy atom. The van der Waals surface area contributed by atoms with E-state index in [4.69, 9.17) is 18.0 Å². The van der Waals surface area contributed by atoms with Crippen molar-refractivity contribution in [2.75, 3.05) is 5.32 Å². The minimum Gasteiger partial charge on any atom is -0.389 e. The van der Waals surface area contributed by atoms with Gasteiger partial charge in [0.15, 0.2) is 0 Å². The number of hydrogen-bond acceptors (Lipinski definition) is 2. The number of hydrogen-bond donors (Lipinski definition) is 2. The lowest BCUT2D eigenvalue weighted by molar-refractivity contribution is 0.511. The average Bonchev–Trinajstić information content (AvgIpc) is 2.26. The molecule has 0 bridgehead atoms. The lowest BCUT2D eigenvalue weighted by atomic mass is 10.0. The number of anilines is 1. The minimum absolute atomic E-state index is 0.450. The van der Waals surface area contributed by atoms with E-state index in [1.165, 1.54) is 5.56 Å². The highest BCUT2D eigenvalue weighted by molar-refractivity contribution is 7.80. The smallest absolute Gasteiger partial charge is 0.106 e. The summed E-state index contributed by atoms with van der Waals surface area (Å²) in [7, 11) is 0. The number of aryl methyl sites for hydroxylation is 1. The largest absolute Gasteiger partial charge is 0.389 e. The number of thiocarbonyl (C=S) groups is 1. The Hall–Kier alpha value is -1.09. The summed E-state index contributed by atoms with van der Waals surface area (Å²) in [6.45, 7) is 8.67. The molecule has 0 fully saturated rings. The Bertz CT molecular complexity index is 399. The van der Waals surface area contributed by atoms with Gasteiger partial charge in [-0.15, -0.1) is 0 Å². The quantitative estimate of drug-likeness (QED) is 0.786. The first-order chi connectivity index (χ1) is 7.95. The third kappa shape index (κ3) is 3.70. The Balaban J connectivity index is 3.01. The Labute approximate surface area is 110 Å². The maximum absolute atomic E-state index is 5.77. The zero-order chi connectivity index (χ0) is 13.0. The van der Waals surface area contributed by atoms with Crippen LogP contribution in [0.15, 0.2) is 18.2 Å². The van der Waals surface area contributed by atoms with Gasteiger partial charge in [-0.25, -0.2) is 0 Å². The van der Waals surface area contributed by atoms with E-state index < -0.39 is 0 Å². The van der Waals surface area contributed by atoms with Gasteiger partial charge in [-0.1, -0.05) is 44.6 Å². The predicted octanol–water partition coefficient (Wildman–Crippen LogP) is 3.48. The zero-order valence-corrected chi connectivity index (χ0v) is 11.9. The SMILES string of the molecule is CCC(Nc1ccc(C)cc1C(N)=S)C(C)C. The molecule has 0 aliphatic carbocycles. The van der Waals surface area contributed by atoms with Gasteiger partial charge >= 0.3 is 0 Å². The van der Waals surface area contributed by atoms with E-state index in [2.05, 4.69) is 38.2 Å². The molecule has 1 atom stereocenters. The molecule has 1 rings (SSSR count). The van der Waals surface area contributed by atoms with Crippen molar-refractivity contribution in [1.29, 1.82) is 0 Å². The maximum atomic E-state index is 5.77. The fourth-order valence-electron chi connectivity index (χ4n) is 1.93. The first-order valence-corrected chi connectivity index (χ1v) is 6.53. The number of nitrogens with one attached hydrogen (secondary N) is 1. The van der Waals surface area contributed by atoms with Crippen LogP contribution < -0.4 is 11.1 Å². The van der Waals surface area contributed by atoms with E-state index in [9.17, 15) is 0 Å². The molecule has 17 heavy (non-hydrogen) atoms. The summed E-state index contributed by atoms with van der Waals surface area (Å²) in [5.41, 5.74) is 8.93. The van der Waals surface area contributed by atoms with Gasteiger partial charge in [0.25, 0.3) is 0 Å². The first kappa shape index (κ1) is 14.0. The van der Waals surface area contributed by atoms with Gasteiger partial charge in [-0.3, -0.25) is 0 Å². The molecule has 0 saturated heterocycles. The zero-order valence-electron chi connectivity index (χ0n) is 11.1. The summed E-state index contributed by atoms with van der Waals surface area (Å²) < 4.78 is 0. The van der Waals surface area contributed by atoms with Gasteiger partial charge in [-0.2, -0.15) is 0 Å². The van der Waals surface area contributed by atoms with Crippen LogP contribution in [0.4, 0.5) is 5.69 Å². The molecule has 0 heterocycles. The number of nitrogens with two attached hydrogens (primary N) is 1. The lowest BCUT2D eigenvalue weighted by Crippen LogP contribution is -2.26. The molecule has 0 aliphatic heterocycles. The molecule has 0 aliphatic rings. The van der Waals surface area contributed by atoms with Crippen molar-refractivity contribution in [3.8, 4) is 0 Å². The lowest BCUT2D eigenvalue weighted by Gasteiger charge is -2.23. The second kappa shape index (κ2) is 6.01. The van der Waals surface area contributed by atoms with Gasteiger partial charge in [0, 0.05) is 17.3 Å².